The molecule has 1 aliphatic heterocycles. The van der Waals surface area contributed by atoms with Crippen LogP contribution in [0.4, 0.5) is 5.95 Å². The molecule has 1 fully saturated rings. The second kappa shape index (κ2) is 7.09. The molecule has 0 aliphatic carbocycles. The number of hydrogen-bond donors (Lipinski definition) is 1. The number of imidazole rings is 1. The van der Waals surface area contributed by atoms with Crippen LogP contribution in [0.2, 0.25) is 0 Å². The summed E-state index contributed by atoms with van der Waals surface area (Å²) in [6, 6.07) is 0.622. The quantitative estimate of drug-likeness (QED) is 0.855. The molecule has 20 heavy (non-hydrogen) atoms. The molecule has 114 valence electrons. The predicted octanol–water partition coefficient (Wildman–Crippen LogP) is 1.45. The van der Waals surface area contributed by atoms with Crippen LogP contribution < -0.4 is 10.2 Å². The molecule has 0 saturated carbocycles. The van der Waals surface area contributed by atoms with Crippen LogP contribution >= 0.6 is 0 Å². The van der Waals surface area contributed by atoms with Gasteiger partial charge in [-0.15, -0.1) is 0 Å². The van der Waals surface area contributed by atoms with Crippen LogP contribution in [-0.4, -0.2) is 54.2 Å². The fourth-order valence-electron chi connectivity index (χ4n) is 2.91. The Morgan fingerprint density at radius 2 is 2.00 bits per heavy atom. The molecule has 1 aromatic rings. The number of rotatable bonds is 6. The van der Waals surface area contributed by atoms with Crippen molar-refractivity contribution in [3.8, 4) is 0 Å². The second-order valence-corrected chi connectivity index (χ2v) is 6.08. The van der Waals surface area contributed by atoms with Crippen molar-refractivity contribution < 1.29 is 0 Å². The Morgan fingerprint density at radius 3 is 2.60 bits per heavy atom. The minimum atomic E-state index is 0.622. The summed E-state index contributed by atoms with van der Waals surface area (Å²) in [4.78, 5) is 9.09. The standard InChI is InChI=1S/C15H29N5/c1-13(20-8-6-5-7-9-20)10-16-11-14-12-17-15(18(2)3)19(14)4/h12-13,16H,5-11H2,1-4H3. The van der Waals surface area contributed by atoms with Gasteiger partial charge in [0.05, 0.1) is 11.9 Å². The Kier molecular flexibility index (Phi) is 5.43. The van der Waals surface area contributed by atoms with E-state index in [0.29, 0.717) is 6.04 Å². The van der Waals surface area contributed by atoms with Gasteiger partial charge in [-0.05, 0) is 32.9 Å². The van der Waals surface area contributed by atoms with E-state index in [2.05, 4.69) is 33.7 Å². The topological polar surface area (TPSA) is 36.3 Å². The van der Waals surface area contributed by atoms with Gasteiger partial charge < -0.3 is 14.8 Å². The highest BCUT2D eigenvalue weighted by atomic mass is 15.3. The highest BCUT2D eigenvalue weighted by Gasteiger charge is 2.16. The van der Waals surface area contributed by atoms with Crippen molar-refractivity contribution in [3.05, 3.63) is 11.9 Å². The third kappa shape index (κ3) is 3.73. The molecule has 1 saturated heterocycles. The van der Waals surface area contributed by atoms with Crippen LogP contribution in [0.5, 0.6) is 0 Å². The molecule has 2 rings (SSSR count). The van der Waals surface area contributed by atoms with E-state index in [1.165, 1.54) is 38.0 Å². The Morgan fingerprint density at radius 1 is 1.30 bits per heavy atom. The SMILES string of the molecule is CC(CNCc1cnc(N(C)C)n1C)N1CCCCC1. The second-order valence-electron chi connectivity index (χ2n) is 6.08. The number of nitrogens with zero attached hydrogens (tertiary/aromatic N) is 4. The minimum absolute atomic E-state index is 0.622. The maximum Gasteiger partial charge on any atom is 0.204 e. The van der Waals surface area contributed by atoms with Gasteiger partial charge in [-0.3, -0.25) is 4.90 Å². The average Bonchev–Trinajstić information content (AvgIpc) is 2.81. The summed E-state index contributed by atoms with van der Waals surface area (Å²) in [5.74, 6) is 1.01. The normalized spacial score (nSPS) is 18.2. The molecule has 0 bridgehead atoms. The van der Waals surface area contributed by atoms with E-state index < -0.39 is 0 Å². The molecule has 0 radical (unpaired) electrons. The maximum atomic E-state index is 4.44. The number of hydrogen-bond acceptors (Lipinski definition) is 4. The van der Waals surface area contributed by atoms with Crippen molar-refractivity contribution in [2.45, 2.75) is 38.8 Å². The van der Waals surface area contributed by atoms with Crippen LogP contribution in [0.3, 0.4) is 0 Å². The molecule has 1 unspecified atom stereocenters. The molecule has 1 atom stereocenters. The summed E-state index contributed by atoms with van der Waals surface area (Å²) in [5.41, 5.74) is 1.24. The summed E-state index contributed by atoms with van der Waals surface area (Å²) < 4.78 is 2.15. The van der Waals surface area contributed by atoms with Gasteiger partial charge >= 0.3 is 0 Å². The number of nitrogens with one attached hydrogen (secondary N) is 1. The summed E-state index contributed by atoms with van der Waals surface area (Å²) in [6.45, 7) is 6.78. The predicted molar refractivity (Wildman–Crippen MR) is 84.1 cm³/mol. The minimum Gasteiger partial charge on any atom is -0.348 e. The van der Waals surface area contributed by atoms with Crippen molar-refractivity contribution >= 4 is 5.95 Å². The van der Waals surface area contributed by atoms with Gasteiger partial charge in [0.2, 0.25) is 5.95 Å². The lowest BCUT2D eigenvalue weighted by Gasteiger charge is -2.32. The fourth-order valence-corrected chi connectivity index (χ4v) is 2.91. The first-order valence-corrected chi connectivity index (χ1v) is 7.72. The van der Waals surface area contributed by atoms with Crippen molar-refractivity contribution in [1.82, 2.24) is 19.8 Å². The zero-order valence-corrected chi connectivity index (χ0v) is 13.4. The van der Waals surface area contributed by atoms with Gasteiger partial charge in [-0.1, -0.05) is 6.42 Å². The number of piperidine rings is 1. The van der Waals surface area contributed by atoms with E-state index in [4.69, 9.17) is 0 Å². The molecule has 2 heterocycles. The van der Waals surface area contributed by atoms with Gasteiger partial charge in [0, 0.05) is 40.3 Å². The lowest BCUT2D eigenvalue weighted by atomic mass is 10.1. The van der Waals surface area contributed by atoms with E-state index in [1.807, 2.05) is 25.2 Å². The molecule has 5 heteroatoms. The molecule has 1 aromatic heterocycles. The van der Waals surface area contributed by atoms with Gasteiger partial charge in [0.15, 0.2) is 0 Å². The van der Waals surface area contributed by atoms with E-state index >= 15 is 0 Å². The summed E-state index contributed by atoms with van der Waals surface area (Å²) in [6.07, 6.45) is 6.09. The van der Waals surface area contributed by atoms with Crippen molar-refractivity contribution in [3.63, 3.8) is 0 Å². The monoisotopic (exact) mass is 279 g/mol. The Labute approximate surface area is 123 Å². The van der Waals surface area contributed by atoms with Crippen LogP contribution in [-0.2, 0) is 13.6 Å². The molecular formula is C15H29N5. The number of anilines is 1. The van der Waals surface area contributed by atoms with Crippen molar-refractivity contribution in [1.29, 1.82) is 0 Å². The van der Waals surface area contributed by atoms with Gasteiger partial charge in [-0.25, -0.2) is 4.98 Å². The first-order chi connectivity index (χ1) is 9.59. The third-order valence-electron chi connectivity index (χ3n) is 4.22. The highest BCUT2D eigenvalue weighted by Crippen LogP contribution is 2.12. The average molecular weight is 279 g/mol. The Balaban J connectivity index is 1.77. The van der Waals surface area contributed by atoms with E-state index in [9.17, 15) is 0 Å². The molecule has 0 aromatic carbocycles. The lowest BCUT2D eigenvalue weighted by Crippen LogP contribution is -2.43. The van der Waals surface area contributed by atoms with Crippen LogP contribution in [0.1, 0.15) is 31.9 Å². The van der Waals surface area contributed by atoms with E-state index in [0.717, 1.165) is 19.0 Å². The van der Waals surface area contributed by atoms with Crippen LogP contribution in [0.25, 0.3) is 0 Å². The van der Waals surface area contributed by atoms with Crippen molar-refractivity contribution in [2.24, 2.45) is 7.05 Å². The zero-order valence-electron chi connectivity index (χ0n) is 13.4. The first-order valence-electron chi connectivity index (χ1n) is 7.72. The molecule has 0 amide bonds. The smallest absolute Gasteiger partial charge is 0.204 e. The van der Waals surface area contributed by atoms with Gasteiger partial charge in [0.1, 0.15) is 0 Å². The van der Waals surface area contributed by atoms with Gasteiger partial charge in [0.25, 0.3) is 0 Å². The summed E-state index contributed by atoms with van der Waals surface area (Å²) in [7, 11) is 6.13. The Hall–Kier alpha value is -1.07. The molecule has 0 spiro atoms. The first kappa shape index (κ1) is 15.3. The van der Waals surface area contributed by atoms with Gasteiger partial charge in [-0.2, -0.15) is 0 Å². The summed E-state index contributed by atoms with van der Waals surface area (Å²) >= 11 is 0. The summed E-state index contributed by atoms with van der Waals surface area (Å²) in [5, 5.41) is 3.57. The number of likely N-dealkylation sites (tertiary alicyclic amines) is 1. The fraction of sp³-hybridized carbons (Fsp3) is 0.800. The molecular weight excluding hydrogens is 250 g/mol. The highest BCUT2D eigenvalue weighted by molar-refractivity contribution is 5.30. The number of aromatic nitrogens is 2. The molecule has 5 nitrogen and oxygen atoms in total. The third-order valence-corrected chi connectivity index (χ3v) is 4.22. The van der Waals surface area contributed by atoms with E-state index in [1.54, 1.807) is 0 Å². The molecule has 1 N–H and O–H groups in total. The van der Waals surface area contributed by atoms with E-state index in [-0.39, 0.29) is 0 Å². The van der Waals surface area contributed by atoms with Crippen LogP contribution in [0.15, 0.2) is 6.20 Å². The Bertz CT molecular complexity index is 406. The maximum absolute atomic E-state index is 4.44. The molecule has 1 aliphatic rings. The largest absolute Gasteiger partial charge is 0.348 e. The zero-order chi connectivity index (χ0) is 14.5. The van der Waals surface area contributed by atoms with Crippen molar-refractivity contribution in [2.75, 3.05) is 38.6 Å². The van der Waals surface area contributed by atoms with Crippen LogP contribution in [0, 0.1) is 0 Å². The lowest BCUT2D eigenvalue weighted by molar-refractivity contribution is 0.170.